The van der Waals surface area contributed by atoms with Gasteiger partial charge in [0.25, 0.3) is 5.91 Å². The first-order chi connectivity index (χ1) is 13.4. The summed E-state index contributed by atoms with van der Waals surface area (Å²) in [6, 6.07) is 12.0. The van der Waals surface area contributed by atoms with Gasteiger partial charge in [-0.05, 0) is 49.2 Å². The topological polar surface area (TPSA) is 63.7 Å². The van der Waals surface area contributed by atoms with Gasteiger partial charge in [0.15, 0.2) is 9.84 Å². The van der Waals surface area contributed by atoms with Crippen LogP contribution in [0.1, 0.15) is 25.0 Å². The third-order valence-corrected chi connectivity index (χ3v) is 5.80. The van der Waals surface area contributed by atoms with Crippen LogP contribution in [0.25, 0.3) is 11.1 Å². The Morgan fingerprint density at radius 3 is 2.07 bits per heavy atom. The van der Waals surface area contributed by atoms with Gasteiger partial charge < -0.3 is 9.64 Å². The maximum absolute atomic E-state index is 14.0. The minimum atomic E-state index is -3.37. The Hall–Kier alpha value is -2.51. The van der Waals surface area contributed by atoms with Crippen LogP contribution in [0.5, 0.6) is 0 Å². The molecule has 156 valence electrons. The fraction of sp³-hybridized carbons (Fsp3) is 0.318. The number of likely N-dealkylation sites (N-methyl/N-ethyl adjacent to an activating group) is 1. The second kappa shape index (κ2) is 8.47. The molecule has 0 radical (unpaired) electrons. The molecule has 0 aliphatic carbocycles. The van der Waals surface area contributed by atoms with E-state index in [1.165, 1.54) is 42.3 Å². The normalized spacial score (nSPS) is 13.1. The maximum atomic E-state index is 14.0. The predicted octanol–water partition coefficient (Wildman–Crippen LogP) is 3.65. The number of nitrogens with zero attached hydrogens (tertiary/aromatic N) is 1. The molecule has 2 rings (SSSR count). The molecule has 0 atom stereocenters. The largest absolute Gasteiger partial charge is 0.374 e. The van der Waals surface area contributed by atoms with Crippen molar-refractivity contribution in [1.29, 1.82) is 0 Å². The molecule has 0 aliphatic heterocycles. The molecule has 0 saturated carbocycles. The molecule has 2 aromatic rings. The molecule has 0 bridgehead atoms. The molecular weight excluding hydrogens is 393 g/mol. The number of hydrogen-bond donors (Lipinski definition) is 0. The van der Waals surface area contributed by atoms with Gasteiger partial charge in [0.1, 0.15) is 5.82 Å². The molecule has 0 aliphatic rings. The number of benzene rings is 2. The lowest BCUT2D eigenvalue weighted by Crippen LogP contribution is -2.30. The van der Waals surface area contributed by atoms with Crippen molar-refractivity contribution in [2.45, 2.75) is 24.3 Å². The van der Waals surface area contributed by atoms with Crippen molar-refractivity contribution in [2.75, 3.05) is 27.5 Å². The van der Waals surface area contributed by atoms with Gasteiger partial charge >= 0.3 is 0 Å². The number of carbonyl (C=O) groups is 1. The minimum Gasteiger partial charge on any atom is -0.374 e. The molecule has 29 heavy (non-hydrogen) atoms. The highest BCUT2D eigenvalue weighted by atomic mass is 32.2. The highest BCUT2D eigenvalue weighted by molar-refractivity contribution is 7.90. The molecule has 0 saturated heterocycles. The third kappa shape index (κ3) is 5.10. The van der Waals surface area contributed by atoms with Gasteiger partial charge in [-0.25, -0.2) is 12.8 Å². The molecule has 2 aromatic carbocycles. The zero-order valence-electron chi connectivity index (χ0n) is 17.5. The van der Waals surface area contributed by atoms with Gasteiger partial charge in [0.05, 0.1) is 16.1 Å². The van der Waals surface area contributed by atoms with E-state index in [1.807, 2.05) is 0 Å². The van der Waals surface area contributed by atoms with Gasteiger partial charge in [-0.15, -0.1) is 0 Å². The molecular formula is C22H26FNO4S. The van der Waals surface area contributed by atoms with Crippen LogP contribution in [-0.4, -0.2) is 52.3 Å². The van der Waals surface area contributed by atoms with Gasteiger partial charge in [0, 0.05) is 33.0 Å². The highest BCUT2D eigenvalue weighted by Crippen LogP contribution is 2.38. The Morgan fingerprint density at radius 2 is 1.62 bits per heavy atom. The van der Waals surface area contributed by atoms with Crippen molar-refractivity contribution in [2.24, 2.45) is 0 Å². The monoisotopic (exact) mass is 419 g/mol. The number of sulfone groups is 1. The lowest BCUT2D eigenvalue weighted by molar-refractivity contribution is -0.122. The van der Waals surface area contributed by atoms with Crippen molar-refractivity contribution >= 4 is 26.9 Å². The Kier molecular flexibility index (Phi) is 6.65. The van der Waals surface area contributed by atoms with Gasteiger partial charge in [-0.1, -0.05) is 24.3 Å². The van der Waals surface area contributed by atoms with Crippen molar-refractivity contribution in [3.05, 3.63) is 65.5 Å². The van der Waals surface area contributed by atoms with Crippen LogP contribution in [-0.2, 0) is 19.4 Å². The third-order valence-electron chi connectivity index (χ3n) is 4.67. The van der Waals surface area contributed by atoms with Crippen LogP contribution in [0.2, 0.25) is 0 Å². The van der Waals surface area contributed by atoms with Crippen molar-refractivity contribution in [3.8, 4) is 0 Å². The smallest absolute Gasteiger partial charge is 0.254 e. The summed E-state index contributed by atoms with van der Waals surface area (Å²) in [6.45, 7) is 3.60. The molecule has 5 nitrogen and oxygen atoms in total. The molecule has 0 aromatic heterocycles. The molecule has 0 fully saturated rings. The number of rotatable bonds is 6. The first-order valence-electron chi connectivity index (χ1n) is 8.96. The van der Waals surface area contributed by atoms with Crippen molar-refractivity contribution < 1.29 is 22.3 Å². The molecule has 7 heteroatoms. The van der Waals surface area contributed by atoms with Crippen LogP contribution in [0.3, 0.4) is 0 Å². The molecule has 0 unspecified atom stereocenters. The average Bonchev–Trinajstić information content (AvgIpc) is 2.64. The number of ether oxygens (including phenoxy) is 1. The summed E-state index contributed by atoms with van der Waals surface area (Å²) in [6.07, 6.45) is 1.13. The lowest BCUT2D eigenvalue weighted by atomic mass is 9.83. The zero-order chi connectivity index (χ0) is 22.0. The van der Waals surface area contributed by atoms with Crippen LogP contribution < -0.4 is 0 Å². The van der Waals surface area contributed by atoms with E-state index in [9.17, 15) is 17.6 Å². The Balaban J connectivity index is 2.90. The van der Waals surface area contributed by atoms with Crippen LogP contribution >= 0.6 is 0 Å². The SMILES string of the molecule is COC(C)(C)/C(=C(\C(=O)N(C)C)c1cccc(F)c1)c1ccc(S(C)(=O)=O)cc1. The van der Waals surface area contributed by atoms with Crippen LogP contribution in [0, 0.1) is 5.82 Å². The van der Waals surface area contributed by atoms with E-state index in [0.717, 1.165) is 6.26 Å². The number of carbonyl (C=O) groups excluding carboxylic acids is 1. The van der Waals surface area contributed by atoms with E-state index in [0.29, 0.717) is 16.7 Å². The lowest BCUT2D eigenvalue weighted by Gasteiger charge is -2.31. The number of methoxy groups -OCH3 is 1. The number of halogens is 1. The van der Waals surface area contributed by atoms with E-state index in [4.69, 9.17) is 4.74 Å². The number of amides is 1. The van der Waals surface area contributed by atoms with Gasteiger partial charge in [0.2, 0.25) is 0 Å². The fourth-order valence-electron chi connectivity index (χ4n) is 3.01. The summed E-state index contributed by atoms with van der Waals surface area (Å²) >= 11 is 0. The first kappa shape index (κ1) is 22.8. The first-order valence-corrected chi connectivity index (χ1v) is 10.9. The standard InChI is InChI=1S/C22H26FNO4S/c1-22(2,28-5)20(15-10-12-18(13-11-15)29(6,26)27)19(21(25)24(3)4)16-8-7-9-17(23)14-16/h7-14H,1-6H3/b20-19-. The second-order valence-electron chi connectivity index (χ2n) is 7.47. The summed E-state index contributed by atoms with van der Waals surface area (Å²) in [5.74, 6) is -0.781. The summed E-state index contributed by atoms with van der Waals surface area (Å²) in [4.78, 5) is 14.7. The zero-order valence-corrected chi connectivity index (χ0v) is 18.3. The van der Waals surface area contributed by atoms with Gasteiger partial charge in [-0.2, -0.15) is 0 Å². The Labute approximate surface area is 171 Å². The average molecular weight is 420 g/mol. The quantitative estimate of drug-likeness (QED) is 0.530. The van der Waals surface area contributed by atoms with Crippen LogP contribution in [0.15, 0.2) is 53.4 Å². The van der Waals surface area contributed by atoms with Crippen molar-refractivity contribution in [1.82, 2.24) is 4.90 Å². The molecule has 0 N–H and O–H groups in total. The molecule has 0 spiro atoms. The molecule has 0 heterocycles. The fourth-order valence-corrected chi connectivity index (χ4v) is 3.64. The highest BCUT2D eigenvalue weighted by Gasteiger charge is 2.32. The van der Waals surface area contributed by atoms with E-state index >= 15 is 0 Å². The van der Waals surface area contributed by atoms with E-state index < -0.39 is 21.3 Å². The van der Waals surface area contributed by atoms with Crippen molar-refractivity contribution in [3.63, 3.8) is 0 Å². The van der Waals surface area contributed by atoms with Gasteiger partial charge in [-0.3, -0.25) is 4.79 Å². The van der Waals surface area contributed by atoms with E-state index in [-0.39, 0.29) is 16.4 Å². The van der Waals surface area contributed by atoms with E-state index in [1.54, 1.807) is 46.1 Å². The molecule has 1 amide bonds. The summed E-state index contributed by atoms with van der Waals surface area (Å²) in [5.41, 5.74) is 0.924. The summed E-state index contributed by atoms with van der Waals surface area (Å²) < 4.78 is 43.3. The summed E-state index contributed by atoms with van der Waals surface area (Å²) in [5, 5.41) is 0. The second-order valence-corrected chi connectivity index (χ2v) is 9.49. The van der Waals surface area contributed by atoms with E-state index in [2.05, 4.69) is 0 Å². The number of hydrogen-bond acceptors (Lipinski definition) is 4. The predicted molar refractivity (Wildman–Crippen MR) is 113 cm³/mol. The maximum Gasteiger partial charge on any atom is 0.254 e. The Morgan fingerprint density at radius 1 is 1.03 bits per heavy atom. The Bertz CT molecular complexity index is 1040. The summed E-state index contributed by atoms with van der Waals surface area (Å²) in [7, 11) is 1.39. The van der Waals surface area contributed by atoms with Crippen LogP contribution in [0.4, 0.5) is 4.39 Å². The minimum absolute atomic E-state index is 0.169.